The molecule has 0 aliphatic carbocycles. The Morgan fingerprint density at radius 1 is 1.47 bits per heavy atom. The molecule has 0 aliphatic rings. The molecule has 0 aliphatic heterocycles. The van der Waals surface area contributed by atoms with E-state index in [1.54, 1.807) is 6.92 Å². The molecule has 0 amide bonds. The topological polar surface area (TPSA) is 69.4 Å². The summed E-state index contributed by atoms with van der Waals surface area (Å²) in [6, 6.07) is 2.32. The summed E-state index contributed by atoms with van der Waals surface area (Å²) in [5.74, 6) is -1.07. The highest BCUT2D eigenvalue weighted by atomic mass is 35.5. The number of nitro groups is 1. The van der Waals surface area contributed by atoms with E-state index in [0.29, 0.717) is 0 Å². The standard InChI is InChI=1S/C10H7Cl2NO4/c1-2-3-9(14)17-10-7(12)4-6(11)5-8(10)13(15)16/h2-5H,1H3/b3-2+. The smallest absolute Gasteiger partial charge is 0.336 e. The number of carbonyl (C=O) groups excluding carboxylic acids is 1. The number of esters is 1. The molecule has 0 spiro atoms. The van der Waals surface area contributed by atoms with Gasteiger partial charge >= 0.3 is 11.7 Å². The zero-order valence-electron chi connectivity index (χ0n) is 8.65. The number of rotatable bonds is 3. The van der Waals surface area contributed by atoms with Crippen molar-refractivity contribution in [3.05, 3.63) is 44.4 Å². The Hall–Kier alpha value is -1.59. The average Bonchev–Trinajstić information content (AvgIpc) is 2.21. The minimum Gasteiger partial charge on any atom is -0.414 e. The van der Waals surface area contributed by atoms with Crippen LogP contribution < -0.4 is 4.74 Å². The maximum Gasteiger partial charge on any atom is 0.336 e. The highest BCUT2D eigenvalue weighted by molar-refractivity contribution is 6.36. The van der Waals surface area contributed by atoms with Gasteiger partial charge in [-0.15, -0.1) is 0 Å². The second kappa shape index (κ2) is 5.65. The van der Waals surface area contributed by atoms with Gasteiger partial charge < -0.3 is 4.74 Å². The van der Waals surface area contributed by atoms with Crippen LogP contribution in [0.3, 0.4) is 0 Å². The number of nitro benzene ring substituents is 1. The lowest BCUT2D eigenvalue weighted by atomic mass is 10.3. The van der Waals surface area contributed by atoms with Gasteiger partial charge in [0.1, 0.15) is 0 Å². The van der Waals surface area contributed by atoms with Gasteiger partial charge in [-0.25, -0.2) is 4.79 Å². The first-order valence-electron chi connectivity index (χ1n) is 4.43. The molecule has 0 heterocycles. The van der Waals surface area contributed by atoms with Crippen molar-refractivity contribution in [2.45, 2.75) is 6.92 Å². The summed E-state index contributed by atoms with van der Waals surface area (Å²) in [5, 5.41) is 10.7. The van der Waals surface area contributed by atoms with Gasteiger partial charge in [-0.1, -0.05) is 29.3 Å². The third-order valence-corrected chi connectivity index (χ3v) is 2.19. The van der Waals surface area contributed by atoms with E-state index in [9.17, 15) is 14.9 Å². The Kier molecular flexibility index (Phi) is 4.48. The molecule has 0 saturated carbocycles. The van der Waals surface area contributed by atoms with Crippen molar-refractivity contribution in [3.63, 3.8) is 0 Å². The maximum atomic E-state index is 11.2. The van der Waals surface area contributed by atoms with Crippen LogP contribution in [0, 0.1) is 10.1 Å². The van der Waals surface area contributed by atoms with Crippen molar-refractivity contribution >= 4 is 34.9 Å². The van der Waals surface area contributed by atoms with Gasteiger partial charge in [0.25, 0.3) is 0 Å². The summed E-state index contributed by atoms with van der Waals surface area (Å²) in [6.45, 7) is 1.61. The molecular weight excluding hydrogens is 269 g/mol. The van der Waals surface area contributed by atoms with Crippen LogP contribution in [0.25, 0.3) is 0 Å². The molecule has 0 N–H and O–H groups in total. The molecule has 0 aromatic heterocycles. The van der Waals surface area contributed by atoms with Crippen LogP contribution in [0.5, 0.6) is 5.75 Å². The van der Waals surface area contributed by atoms with Gasteiger partial charge in [-0.2, -0.15) is 0 Å². The molecule has 17 heavy (non-hydrogen) atoms. The van der Waals surface area contributed by atoms with Gasteiger partial charge in [0, 0.05) is 17.2 Å². The van der Waals surface area contributed by atoms with Gasteiger partial charge in [-0.05, 0) is 13.0 Å². The largest absolute Gasteiger partial charge is 0.414 e. The number of allylic oxidation sites excluding steroid dienone is 1. The highest BCUT2D eigenvalue weighted by Crippen LogP contribution is 2.37. The van der Waals surface area contributed by atoms with Crippen molar-refractivity contribution in [1.82, 2.24) is 0 Å². The highest BCUT2D eigenvalue weighted by Gasteiger charge is 2.22. The van der Waals surface area contributed by atoms with Crippen LogP contribution in [0.15, 0.2) is 24.3 Å². The molecule has 0 bridgehead atoms. The molecule has 0 atom stereocenters. The lowest BCUT2D eigenvalue weighted by Gasteiger charge is -2.05. The fourth-order valence-electron chi connectivity index (χ4n) is 1.05. The maximum absolute atomic E-state index is 11.2. The van der Waals surface area contributed by atoms with E-state index in [2.05, 4.69) is 0 Å². The second-order valence-corrected chi connectivity index (χ2v) is 3.76. The van der Waals surface area contributed by atoms with Crippen LogP contribution in [0.1, 0.15) is 6.92 Å². The van der Waals surface area contributed by atoms with Crippen LogP contribution in [0.4, 0.5) is 5.69 Å². The first kappa shape index (κ1) is 13.5. The minimum atomic E-state index is -0.750. The number of halogens is 2. The predicted molar refractivity (Wildman–Crippen MR) is 63.6 cm³/mol. The normalized spacial score (nSPS) is 10.5. The summed E-state index contributed by atoms with van der Waals surface area (Å²) in [6.07, 6.45) is 2.56. The fourth-order valence-corrected chi connectivity index (χ4v) is 1.58. The zero-order chi connectivity index (χ0) is 13.0. The molecule has 0 unspecified atom stereocenters. The van der Waals surface area contributed by atoms with E-state index in [-0.39, 0.29) is 15.8 Å². The second-order valence-electron chi connectivity index (χ2n) is 2.91. The first-order valence-corrected chi connectivity index (χ1v) is 5.19. The summed E-state index contributed by atoms with van der Waals surface area (Å²) in [5.41, 5.74) is -0.458. The Morgan fingerprint density at radius 2 is 2.12 bits per heavy atom. The number of carbonyl (C=O) groups is 1. The van der Waals surface area contributed by atoms with Crippen LogP contribution in [-0.2, 0) is 4.79 Å². The van der Waals surface area contributed by atoms with Crippen LogP contribution in [0.2, 0.25) is 10.0 Å². The van der Waals surface area contributed by atoms with Crippen LogP contribution >= 0.6 is 23.2 Å². The van der Waals surface area contributed by atoms with Crippen molar-refractivity contribution < 1.29 is 14.5 Å². The monoisotopic (exact) mass is 275 g/mol. The van der Waals surface area contributed by atoms with Gasteiger partial charge in [0.15, 0.2) is 0 Å². The lowest BCUT2D eigenvalue weighted by molar-refractivity contribution is -0.385. The summed E-state index contributed by atoms with van der Waals surface area (Å²) in [4.78, 5) is 21.2. The zero-order valence-corrected chi connectivity index (χ0v) is 10.2. The summed E-state index contributed by atoms with van der Waals surface area (Å²) in [7, 11) is 0. The predicted octanol–water partition coefficient (Wildman–Crippen LogP) is 3.38. The SMILES string of the molecule is C/C=C/C(=O)Oc1c(Cl)cc(Cl)cc1[N+](=O)[O-]. The molecular formula is C10H7Cl2NO4. The number of hydrogen-bond donors (Lipinski definition) is 0. The number of hydrogen-bond acceptors (Lipinski definition) is 4. The number of nitrogens with zero attached hydrogens (tertiary/aromatic N) is 1. The molecule has 0 saturated heterocycles. The first-order chi connectivity index (χ1) is 7.95. The molecule has 1 aromatic carbocycles. The average molecular weight is 276 g/mol. The third kappa shape index (κ3) is 3.44. The number of ether oxygens (including phenoxy) is 1. The van der Waals surface area contributed by atoms with E-state index in [1.165, 1.54) is 12.1 Å². The van der Waals surface area contributed by atoms with E-state index < -0.39 is 16.6 Å². The molecule has 0 fully saturated rings. The Balaban J connectivity index is 3.21. The molecule has 5 nitrogen and oxygen atoms in total. The van der Waals surface area contributed by atoms with Gasteiger partial charge in [0.05, 0.1) is 9.95 Å². The molecule has 90 valence electrons. The number of benzene rings is 1. The fraction of sp³-hybridized carbons (Fsp3) is 0.100. The molecule has 7 heteroatoms. The Bertz CT molecular complexity index is 499. The molecule has 0 radical (unpaired) electrons. The van der Waals surface area contributed by atoms with Crippen molar-refractivity contribution in [3.8, 4) is 5.75 Å². The van der Waals surface area contributed by atoms with Gasteiger partial charge in [-0.3, -0.25) is 10.1 Å². The summed E-state index contributed by atoms with van der Waals surface area (Å²) < 4.78 is 4.78. The minimum absolute atomic E-state index is 0.0903. The van der Waals surface area contributed by atoms with Crippen molar-refractivity contribution in [2.75, 3.05) is 0 Å². The molecule has 1 aromatic rings. The Morgan fingerprint density at radius 3 is 2.65 bits per heavy atom. The van der Waals surface area contributed by atoms with E-state index in [4.69, 9.17) is 27.9 Å². The molecule has 1 rings (SSSR count). The van der Waals surface area contributed by atoms with Crippen molar-refractivity contribution in [2.24, 2.45) is 0 Å². The van der Waals surface area contributed by atoms with Crippen molar-refractivity contribution in [1.29, 1.82) is 0 Å². The third-order valence-electron chi connectivity index (χ3n) is 1.69. The van der Waals surface area contributed by atoms with Crippen LogP contribution in [-0.4, -0.2) is 10.9 Å². The Labute approximate surface area is 107 Å². The van der Waals surface area contributed by atoms with Gasteiger partial charge in [0.2, 0.25) is 5.75 Å². The summed E-state index contributed by atoms with van der Waals surface area (Å²) >= 11 is 11.4. The van der Waals surface area contributed by atoms with E-state index in [0.717, 1.165) is 12.1 Å². The lowest BCUT2D eigenvalue weighted by Crippen LogP contribution is -2.06. The quantitative estimate of drug-likeness (QED) is 0.279. The van der Waals surface area contributed by atoms with E-state index in [1.807, 2.05) is 0 Å². The van der Waals surface area contributed by atoms with E-state index >= 15 is 0 Å².